The first-order valence-corrected chi connectivity index (χ1v) is 12.1. The van der Waals surface area contributed by atoms with Crippen molar-refractivity contribution in [3.63, 3.8) is 0 Å². The normalized spacial score (nSPS) is 23.1. The van der Waals surface area contributed by atoms with E-state index in [0.717, 1.165) is 12.2 Å². The van der Waals surface area contributed by atoms with E-state index in [4.69, 9.17) is 17.3 Å². The summed E-state index contributed by atoms with van der Waals surface area (Å²) in [5.74, 6) is -3.36. The van der Waals surface area contributed by atoms with E-state index >= 15 is 0 Å². The van der Waals surface area contributed by atoms with Crippen molar-refractivity contribution >= 4 is 51.0 Å². The van der Waals surface area contributed by atoms with Gasteiger partial charge in [0, 0.05) is 33.3 Å². The van der Waals surface area contributed by atoms with E-state index in [1.54, 1.807) is 26.0 Å². The lowest BCUT2D eigenvalue weighted by Gasteiger charge is -2.31. The number of alkyl halides is 1. The molecule has 36 heavy (non-hydrogen) atoms. The molecule has 1 aliphatic heterocycles. The smallest absolute Gasteiger partial charge is 0.272 e. The van der Waals surface area contributed by atoms with E-state index in [1.807, 2.05) is 13.8 Å². The van der Waals surface area contributed by atoms with Gasteiger partial charge in [-0.15, -0.1) is 5.11 Å². The number of amides is 1. The Morgan fingerprint density at radius 3 is 2.61 bits per heavy atom. The Balaban J connectivity index is 2.04. The van der Waals surface area contributed by atoms with Gasteiger partial charge in [0.05, 0.1) is 11.6 Å². The van der Waals surface area contributed by atoms with Crippen LogP contribution >= 0.6 is 27.5 Å². The zero-order chi connectivity index (χ0) is 26.8. The fraction of sp³-hybridized carbons (Fsp3) is 0.375. The standard InChI is InChI=1S/C24H25BrClF3N6O/c1-11(26)5-6-14(25)12(2)17(9-13-15(27)7-8-16(28)20(13)29)34-35-23-32-21(30)19-22(33-23)31-18(36)10-24(19,3)4/h5-8,13,20H,9-10H2,1-4H3,(H3,30,31,32,33,36)/b11-5+,14-6+,17-12+,35-34?. The number of nitrogens with zero attached hydrogens (tertiary/aromatic N) is 4. The van der Waals surface area contributed by atoms with E-state index < -0.39 is 29.2 Å². The summed E-state index contributed by atoms with van der Waals surface area (Å²) in [6, 6.07) is 0. The number of azo groups is 1. The fourth-order valence-electron chi connectivity index (χ4n) is 3.88. The zero-order valence-electron chi connectivity index (χ0n) is 20.0. The van der Waals surface area contributed by atoms with Crippen molar-refractivity contribution < 1.29 is 18.0 Å². The molecule has 2 atom stereocenters. The van der Waals surface area contributed by atoms with Gasteiger partial charge in [0.15, 0.2) is 6.17 Å². The molecule has 0 bridgehead atoms. The molecular formula is C24H25BrClF3N6O. The van der Waals surface area contributed by atoms with Crippen molar-refractivity contribution in [2.75, 3.05) is 11.1 Å². The Kier molecular flexibility index (Phi) is 8.55. The summed E-state index contributed by atoms with van der Waals surface area (Å²) in [7, 11) is 0. The first-order valence-electron chi connectivity index (χ1n) is 11.0. The molecule has 0 saturated carbocycles. The third kappa shape index (κ3) is 6.31. The summed E-state index contributed by atoms with van der Waals surface area (Å²) in [5, 5.41) is 11.4. The Bertz CT molecular complexity index is 1260. The van der Waals surface area contributed by atoms with Crippen molar-refractivity contribution in [3.8, 4) is 0 Å². The lowest BCUT2D eigenvalue weighted by atomic mass is 9.79. The van der Waals surface area contributed by atoms with Gasteiger partial charge in [0.1, 0.15) is 23.3 Å². The Hall–Kier alpha value is -2.79. The zero-order valence-corrected chi connectivity index (χ0v) is 22.4. The fourth-order valence-corrected chi connectivity index (χ4v) is 4.30. The van der Waals surface area contributed by atoms with Gasteiger partial charge in [-0.3, -0.25) is 4.79 Å². The van der Waals surface area contributed by atoms with Crippen molar-refractivity contribution in [1.82, 2.24) is 9.97 Å². The summed E-state index contributed by atoms with van der Waals surface area (Å²) in [6.45, 7) is 7.04. The average molecular weight is 586 g/mol. The van der Waals surface area contributed by atoms with Gasteiger partial charge in [-0.1, -0.05) is 41.4 Å². The van der Waals surface area contributed by atoms with Crippen LogP contribution in [0.5, 0.6) is 0 Å². The predicted molar refractivity (Wildman–Crippen MR) is 138 cm³/mol. The average Bonchev–Trinajstić information content (AvgIpc) is 2.77. The number of nitrogen functional groups attached to an aromatic ring is 1. The SMILES string of the molecule is C\C(Cl)=C/C=C(Br)\C(C)=C(/CC1C(F)=CC=C(F)C1F)N=Nc1nc(N)c2c(n1)NC(=O)CC2(C)C. The highest BCUT2D eigenvalue weighted by Crippen LogP contribution is 2.40. The van der Waals surface area contributed by atoms with Gasteiger partial charge < -0.3 is 11.1 Å². The molecule has 12 heteroatoms. The molecule has 0 spiro atoms. The van der Waals surface area contributed by atoms with Gasteiger partial charge in [-0.25, -0.2) is 13.2 Å². The second-order valence-corrected chi connectivity index (χ2v) is 10.5. The number of carbonyl (C=O) groups excluding carboxylic acids is 1. The van der Waals surface area contributed by atoms with Gasteiger partial charge in [0.25, 0.3) is 5.95 Å². The molecule has 7 nitrogen and oxygen atoms in total. The van der Waals surface area contributed by atoms with E-state index in [2.05, 4.69) is 41.4 Å². The number of nitrogens with one attached hydrogen (secondary N) is 1. The third-order valence-electron chi connectivity index (χ3n) is 5.76. The molecule has 192 valence electrons. The topological polar surface area (TPSA) is 106 Å². The number of nitrogens with two attached hydrogens (primary N) is 1. The quantitative estimate of drug-likeness (QED) is 0.266. The molecular weight excluding hydrogens is 561 g/mol. The minimum Gasteiger partial charge on any atom is -0.383 e. The van der Waals surface area contributed by atoms with E-state index in [9.17, 15) is 18.0 Å². The number of aromatic nitrogens is 2. The summed E-state index contributed by atoms with van der Waals surface area (Å²) in [6.07, 6.45) is 2.64. The van der Waals surface area contributed by atoms with Crippen molar-refractivity contribution in [1.29, 1.82) is 0 Å². The van der Waals surface area contributed by atoms with Crippen LogP contribution in [0.25, 0.3) is 0 Å². The van der Waals surface area contributed by atoms with Crippen molar-refractivity contribution in [3.05, 3.63) is 62.3 Å². The summed E-state index contributed by atoms with van der Waals surface area (Å²) >= 11 is 9.28. The number of hydrogen-bond donors (Lipinski definition) is 2. The van der Waals surface area contributed by atoms with Crippen LogP contribution in [-0.4, -0.2) is 22.0 Å². The molecule has 2 unspecified atom stereocenters. The molecule has 1 aliphatic carbocycles. The number of anilines is 2. The largest absolute Gasteiger partial charge is 0.383 e. The second kappa shape index (κ2) is 11.1. The molecule has 0 radical (unpaired) electrons. The van der Waals surface area contributed by atoms with Gasteiger partial charge in [-0.05, 0) is 43.7 Å². The van der Waals surface area contributed by atoms with Gasteiger partial charge in [-0.2, -0.15) is 15.1 Å². The Morgan fingerprint density at radius 1 is 1.28 bits per heavy atom. The minimum atomic E-state index is -2.17. The number of fused-ring (bicyclic) bond motifs is 1. The highest BCUT2D eigenvalue weighted by atomic mass is 79.9. The maximum atomic E-state index is 14.5. The molecule has 0 aromatic carbocycles. The van der Waals surface area contributed by atoms with Crippen molar-refractivity contribution in [2.45, 2.75) is 52.1 Å². The van der Waals surface area contributed by atoms with Gasteiger partial charge in [0.2, 0.25) is 5.91 Å². The monoisotopic (exact) mass is 584 g/mol. The molecule has 3 N–H and O–H groups in total. The lowest BCUT2D eigenvalue weighted by Crippen LogP contribution is -2.34. The van der Waals surface area contributed by atoms with Crippen LogP contribution in [0.1, 0.15) is 46.1 Å². The highest BCUT2D eigenvalue weighted by molar-refractivity contribution is 9.12. The van der Waals surface area contributed by atoms with Crippen molar-refractivity contribution in [2.24, 2.45) is 16.1 Å². The molecule has 1 aromatic heterocycles. The lowest BCUT2D eigenvalue weighted by molar-refractivity contribution is -0.117. The summed E-state index contributed by atoms with van der Waals surface area (Å²) in [4.78, 5) is 20.5. The van der Waals surface area contributed by atoms with Crippen LogP contribution in [0, 0.1) is 5.92 Å². The van der Waals surface area contributed by atoms with Gasteiger partial charge >= 0.3 is 0 Å². The molecule has 2 aliphatic rings. The summed E-state index contributed by atoms with van der Waals surface area (Å²) in [5.41, 5.74) is 6.76. The van der Waals surface area contributed by atoms with Crippen LogP contribution in [0.3, 0.4) is 0 Å². The molecule has 0 saturated heterocycles. The molecule has 0 fully saturated rings. The number of hydrogen-bond acceptors (Lipinski definition) is 6. The van der Waals surface area contributed by atoms with E-state index in [0.29, 0.717) is 20.7 Å². The number of rotatable bonds is 6. The molecule has 1 amide bonds. The van der Waals surface area contributed by atoms with Crippen LogP contribution in [0.2, 0.25) is 0 Å². The first-order chi connectivity index (χ1) is 16.8. The maximum absolute atomic E-state index is 14.5. The van der Waals surface area contributed by atoms with Crippen LogP contribution in [0.4, 0.5) is 30.8 Å². The molecule has 2 heterocycles. The third-order valence-corrected chi connectivity index (χ3v) is 6.74. The second-order valence-electron chi connectivity index (χ2n) is 9.10. The van der Waals surface area contributed by atoms with E-state index in [-0.39, 0.29) is 42.0 Å². The number of allylic oxidation sites excluding steroid dienone is 10. The maximum Gasteiger partial charge on any atom is 0.272 e. The Labute approximate surface area is 220 Å². The predicted octanol–water partition coefficient (Wildman–Crippen LogP) is 7.52. The highest BCUT2D eigenvalue weighted by Gasteiger charge is 2.36. The Morgan fingerprint density at radius 2 is 1.94 bits per heavy atom. The number of halogens is 5. The minimum absolute atomic E-state index is 0.127. The number of carbonyl (C=O) groups is 1. The van der Waals surface area contributed by atoms with Crippen LogP contribution in [0.15, 0.2) is 67.0 Å². The molecule has 3 rings (SSSR count). The van der Waals surface area contributed by atoms with Crippen LogP contribution in [-0.2, 0) is 10.2 Å². The summed E-state index contributed by atoms with van der Waals surface area (Å²) < 4.78 is 43.4. The van der Waals surface area contributed by atoms with Crippen LogP contribution < -0.4 is 11.1 Å². The molecule has 1 aromatic rings. The van der Waals surface area contributed by atoms with E-state index in [1.165, 1.54) is 0 Å². The first kappa shape index (κ1) is 27.8.